The molecule has 0 aromatic heterocycles. The van der Waals surface area contributed by atoms with Crippen molar-refractivity contribution in [1.82, 2.24) is 47.0 Å². The van der Waals surface area contributed by atoms with E-state index < -0.39 is 59.7 Å². The molecule has 0 radical (unpaired) electrons. The van der Waals surface area contributed by atoms with E-state index in [0.29, 0.717) is 32.5 Å². The van der Waals surface area contributed by atoms with Crippen LogP contribution in [0.2, 0.25) is 0 Å². The zero-order chi connectivity index (χ0) is 52.0. The first-order valence-electron chi connectivity index (χ1n) is 25.6. The zero-order valence-corrected chi connectivity index (χ0v) is 42.4. The fourth-order valence-electron chi connectivity index (χ4n) is 9.41. The molecule has 72 heavy (non-hydrogen) atoms. The molecule has 2 aliphatic carbocycles. The Kier molecular flexibility index (Phi) is 22.7. The zero-order valence-electron chi connectivity index (χ0n) is 42.4. The standard InChI is InChI=1S/C33H51N9O7.C11H13NO.C10H12/c1-20(35-3)28(44)39-24(32(48)41-16-5-6-17-41)12-14-37-30(46)22-9-7-10-23(19-22)31(47)38-15-13-25(40-29(45)21(2)36-4)33(49)42-18-8-11-26(42)27(34)43;13-8-12-11-7-3-5-9-4-1-2-6-10(9)11;1-2-6-10-8-4-3-7-9(10)5-1/h7,9-10,19-21,24-26,35-36H,5-6,8,11-18H2,1-4H3,(H2,34,43)(H,37,46)(H,38,47)(H,39,44)(H,40,45);1-2,4,6,8,11H,3,5,7H2,(H,12,13);1-2,5-6H,3-4,7-8H2/t20-,21?,24?,25-,26?;;/m0../s1. The number of benzene rings is 3. The molecule has 9 N–H and O–H groups in total. The number of primary amides is 1. The number of aryl methyl sites for hydroxylation is 3. The number of likely N-dealkylation sites (N-methyl/N-ethyl adjacent to an activating group) is 2. The maximum absolute atomic E-state index is 13.4. The Balaban J connectivity index is 0.000000333. The topological polar surface area (TPSA) is 253 Å². The van der Waals surface area contributed by atoms with Crippen molar-refractivity contribution in [3.8, 4) is 0 Å². The van der Waals surface area contributed by atoms with Crippen LogP contribution in [0.15, 0.2) is 72.8 Å². The minimum absolute atomic E-state index is 0.0132. The van der Waals surface area contributed by atoms with Crippen LogP contribution in [0.3, 0.4) is 0 Å². The summed E-state index contributed by atoms with van der Waals surface area (Å²) in [5, 5.41) is 19.5. The van der Waals surface area contributed by atoms with E-state index in [0.717, 1.165) is 32.1 Å². The van der Waals surface area contributed by atoms with Gasteiger partial charge in [-0.15, -0.1) is 0 Å². The van der Waals surface area contributed by atoms with E-state index in [2.05, 4.69) is 79.7 Å². The van der Waals surface area contributed by atoms with Crippen molar-refractivity contribution in [3.63, 3.8) is 0 Å². The number of fused-ring (bicyclic) bond motifs is 2. The maximum Gasteiger partial charge on any atom is 0.251 e. The van der Waals surface area contributed by atoms with Crippen molar-refractivity contribution in [3.05, 3.63) is 106 Å². The van der Waals surface area contributed by atoms with Gasteiger partial charge in [0.05, 0.1) is 18.1 Å². The van der Waals surface area contributed by atoms with Gasteiger partial charge in [-0.3, -0.25) is 38.4 Å². The van der Waals surface area contributed by atoms with Crippen LogP contribution in [0.5, 0.6) is 0 Å². The number of nitrogens with one attached hydrogen (secondary N) is 7. The van der Waals surface area contributed by atoms with Gasteiger partial charge < -0.3 is 52.8 Å². The maximum atomic E-state index is 13.4. The number of rotatable bonds is 19. The molecule has 8 amide bonds. The van der Waals surface area contributed by atoms with Gasteiger partial charge in [-0.05, 0) is 152 Å². The van der Waals surface area contributed by atoms with Gasteiger partial charge >= 0.3 is 0 Å². The molecule has 18 nitrogen and oxygen atoms in total. The van der Waals surface area contributed by atoms with E-state index in [1.165, 1.54) is 60.3 Å². The smallest absolute Gasteiger partial charge is 0.251 e. The lowest BCUT2D eigenvalue weighted by molar-refractivity contribution is -0.140. The van der Waals surface area contributed by atoms with Crippen molar-refractivity contribution in [1.29, 1.82) is 0 Å². The number of likely N-dealkylation sites (tertiary alicyclic amines) is 2. The molecule has 3 aromatic carbocycles. The molecule has 4 unspecified atom stereocenters. The second kappa shape index (κ2) is 29.0. The second-order valence-electron chi connectivity index (χ2n) is 18.8. The van der Waals surface area contributed by atoms with E-state index in [4.69, 9.17) is 5.73 Å². The van der Waals surface area contributed by atoms with Gasteiger partial charge in [0.1, 0.15) is 18.1 Å². The minimum Gasteiger partial charge on any atom is -0.368 e. The third kappa shape index (κ3) is 16.4. The van der Waals surface area contributed by atoms with Gasteiger partial charge in [-0.2, -0.15) is 0 Å². The Morgan fingerprint density at radius 1 is 0.625 bits per heavy atom. The van der Waals surface area contributed by atoms with Crippen molar-refractivity contribution < 1.29 is 38.4 Å². The average Bonchev–Trinajstić information content (AvgIpc) is 4.14. The first kappa shape index (κ1) is 56.3. The molecule has 0 spiro atoms. The van der Waals surface area contributed by atoms with Crippen molar-refractivity contribution in [2.24, 2.45) is 5.73 Å². The number of hydrogen-bond donors (Lipinski definition) is 8. The Hall–Kier alpha value is -6.66. The van der Waals surface area contributed by atoms with Crippen LogP contribution >= 0.6 is 0 Å². The van der Waals surface area contributed by atoms with Crippen LogP contribution in [0.1, 0.15) is 127 Å². The van der Waals surface area contributed by atoms with Gasteiger partial charge in [-0.25, -0.2) is 0 Å². The molecule has 2 aliphatic heterocycles. The predicted molar refractivity (Wildman–Crippen MR) is 275 cm³/mol. The largest absolute Gasteiger partial charge is 0.368 e. The van der Waals surface area contributed by atoms with Crippen molar-refractivity contribution >= 4 is 47.8 Å². The third-order valence-corrected chi connectivity index (χ3v) is 13.9. The first-order valence-corrected chi connectivity index (χ1v) is 25.6. The van der Waals surface area contributed by atoms with Crippen LogP contribution < -0.4 is 43.0 Å². The van der Waals surface area contributed by atoms with Crippen LogP contribution in [0, 0.1) is 0 Å². The fraction of sp³-hybridized carbons (Fsp3) is 0.519. The Morgan fingerprint density at radius 3 is 1.67 bits per heavy atom. The highest BCUT2D eigenvalue weighted by molar-refractivity contribution is 6.00. The van der Waals surface area contributed by atoms with Crippen molar-refractivity contribution in [2.75, 3.05) is 46.8 Å². The summed E-state index contributed by atoms with van der Waals surface area (Å²) in [6.07, 6.45) is 12.7. The number of nitrogens with two attached hydrogens (primary N) is 1. The summed E-state index contributed by atoms with van der Waals surface area (Å²) in [6, 6.07) is 19.8. The van der Waals surface area contributed by atoms with Gasteiger partial charge in [0, 0.05) is 43.9 Å². The van der Waals surface area contributed by atoms with Gasteiger partial charge in [0.15, 0.2) is 0 Å². The fourth-order valence-corrected chi connectivity index (χ4v) is 9.41. The predicted octanol–water partition coefficient (Wildman–Crippen LogP) is 2.59. The highest BCUT2D eigenvalue weighted by Gasteiger charge is 2.37. The molecule has 18 heteroatoms. The molecule has 0 saturated carbocycles. The molecule has 0 bridgehead atoms. The molecular weight excluding hydrogens is 917 g/mol. The lowest BCUT2D eigenvalue weighted by Crippen LogP contribution is -2.55. The van der Waals surface area contributed by atoms with Gasteiger partial charge in [0.25, 0.3) is 11.8 Å². The number of carbonyl (C=O) groups is 8. The lowest BCUT2D eigenvalue weighted by atomic mass is 9.88. The number of nitrogens with zero attached hydrogens (tertiary/aromatic N) is 2. The summed E-state index contributed by atoms with van der Waals surface area (Å²) in [5.41, 5.74) is 11.7. The quantitative estimate of drug-likeness (QED) is 0.0816. The second-order valence-corrected chi connectivity index (χ2v) is 18.8. The molecule has 7 rings (SSSR count). The Morgan fingerprint density at radius 2 is 1.14 bits per heavy atom. The van der Waals surface area contributed by atoms with Crippen LogP contribution in [0.4, 0.5) is 0 Å². The summed E-state index contributed by atoms with van der Waals surface area (Å²) in [7, 11) is 3.26. The molecule has 4 aliphatic rings. The summed E-state index contributed by atoms with van der Waals surface area (Å²) in [6.45, 7) is 5.04. The molecule has 2 saturated heterocycles. The van der Waals surface area contributed by atoms with Crippen LogP contribution in [-0.2, 0) is 48.0 Å². The molecular formula is C54H76N10O8. The van der Waals surface area contributed by atoms with E-state index in [9.17, 15) is 38.4 Å². The first-order chi connectivity index (χ1) is 34.8. The van der Waals surface area contributed by atoms with Gasteiger partial charge in [-0.1, -0.05) is 54.6 Å². The minimum atomic E-state index is -1.01. The third-order valence-electron chi connectivity index (χ3n) is 13.9. The summed E-state index contributed by atoms with van der Waals surface area (Å²) >= 11 is 0. The van der Waals surface area contributed by atoms with Crippen LogP contribution in [0.25, 0.3) is 0 Å². The van der Waals surface area contributed by atoms with E-state index >= 15 is 0 Å². The summed E-state index contributed by atoms with van der Waals surface area (Å²) < 4.78 is 0. The van der Waals surface area contributed by atoms with E-state index in [1.54, 1.807) is 56.1 Å². The number of amides is 8. The molecule has 2 fully saturated rings. The monoisotopic (exact) mass is 993 g/mol. The summed E-state index contributed by atoms with van der Waals surface area (Å²) in [5.74, 6) is -2.94. The van der Waals surface area contributed by atoms with Gasteiger partial charge in [0.2, 0.25) is 35.9 Å². The normalized spacial score (nSPS) is 18.3. The molecule has 2 heterocycles. The highest BCUT2D eigenvalue weighted by atomic mass is 16.2. The average molecular weight is 993 g/mol. The lowest BCUT2D eigenvalue weighted by Gasteiger charge is -2.28. The molecule has 6 atom stereocenters. The van der Waals surface area contributed by atoms with Crippen molar-refractivity contribution in [2.45, 2.75) is 134 Å². The molecule has 390 valence electrons. The van der Waals surface area contributed by atoms with Crippen LogP contribution in [-0.4, -0.2) is 135 Å². The molecule has 3 aromatic rings. The Labute approximate surface area is 424 Å². The Bertz CT molecular complexity index is 2300. The SMILES string of the molecule is CNC(C)C(=O)N[C@@H](CCNC(=O)c1cccc(C(=O)NCCC(NC(=O)[C@H](C)NC)C(=O)N2CCCC2)c1)C(=O)N1CCCC1C(N)=O.O=CNC1CCCc2ccccc21.c1ccc2c(c1)CCCC2. The highest BCUT2D eigenvalue weighted by Crippen LogP contribution is 2.29. The number of carbonyl (C=O) groups excluding carboxylic acids is 8. The van der Waals surface area contributed by atoms with E-state index in [-0.39, 0.29) is 54.9 Å². The summed E-state index contributed by atoms with van der Waals surface area (Å²) in [4.78, 5) is 103. The number of hydrogen-bond acceptors (Lipinski definition) is 10. The van der Waals surface area contributed by atoms with E-state index in [1.807, 2.05) is 6.07 Å².